The minimum atomic E-state index is -0.437. The molecule has 1 aromatic heterocycles. The van der Waals surface area contributed by atoms with E-state index in [0.29, 0.717) is 0 Å². The van der Waals surface area contributed by atoms with E-state index in [1.807, 2.05) is 6.07 Å². The van der Waals surface area contributed by atoms with Crippen LogP contribution in [0.5, 0.6) is 0 Å². The number of hydrogen-bond donors (Lipinski definition) is 0. The van der Waals surface area contributed by atoms with Gasteiger partial charge in [0.25, 0.3) is 0 Å². The summed E-state index contributed by atoms with van der Waals surface area (Å²) in [7, 11) is 0. The van der Waals surface area contributed by atoms with Crippen molar-refractivity contribution in [3.63, 3.8) is 0 Å². The molecule has 0 unspecified atom stereocenters. The molecule has 2 aliphatic rings. The van der Waals surface area contributed by atoms with Crippen LogP contribution < -0.4 is 4.90 Å². The van der Waals surface area contributed by atoms with Crippen LogP contribution >= 0.6 is 0 Å². The average molecular weight is 852 g/mol. The van der Waals surface area contributed by atoms with Crippen molar-refractivity contribution in [3.8, 4) is 55.6 Å². The number of hydrogen-bond acceptors (Lipinski definition) is 2. The fourth-order valence-electron chi connectivity index (χ4n) is 11.7. The first-order chi connectivity index (χ1) is 33.2. The first-order valence-corrected chi connectivity index (χ1v) is 23.2. The Bertz CT molecular complexity index is 3880. The van der Waals surface area contributed by atoms with Crippen molar-refractivity contribution < 1.29 is 4.42 Å². The first-order valence-electron chi connectivity index (χ1n) is 23.2. The lowest BCUT2D eigenvalue weighted by Gasteiger charge is -2.31. The Kier molecular flexibility index (Phi) is 8.23. The molecule has 0 bridgehead atoms. The third kappa shape index (κ3) is 5.51. The van der Waals surface area contributed by atoms with Crippen molar-refractivity contribution in [1.82, 2.24) is 0 Å². The highest BCUT2D eigenvalue weighted by Crippen LogP contribution is 2.63. The lowest BCUT2D eigenvalue weighted by Crippen LogP contribution is -2.25. The molecule has 0 N–H and O–H groups in total. The summed E-state index contributed by atoms with van der Waals surface area (Å²) >= 11 is 0. The largest absolute Gasteiger partial charge is 0.456 e. The van der Waals surface area contributed by atoms with Gasteiger partial charge in [0, 0.05) is 27.7 Å². The van der Waals surface area contributed by atoms with Gasteiger partial charge in [-0.2, -0.15) is 0 Å². The number of nitrogens with zero attached hydrogens (tertiary/aromatic N) is 1. The number of anilines is 3. The molecule has 0 radical (unpaired) electrons. The van der Waals surface area contributed by atoms with E-state index in [2.05, 4.69) is 248 Å². The average Bonchev–Trinajstić information content (AvgIpc) is 4.03. The second kappa shape index (κ2) is 14.7. The Morgan fingerprint density at radius 2 is 0.821 bits per heavy atom. The van der Waals surface area contributed by atoms with E-state index in [1.54, 1.807) is 0 Å². The van der Waals surface area contributed by atoms with Crippen LogP contribution in [0.4, 0.5) is 17.1 Å². The zero-order valence-corrected chi connectivity index (χ0v) is 36.5. The van der Waals surface area contributed by atoms with Crippen molar-refractivity contribution in [3.05, 3.63) is 271 Å². The van der Waals surface area contributed by atoms with Crippen LogP contribution in [0.1, 0.15) is 22.3 Å². The number of benzene rings is 11. The third-order valence-electron chi connectivity index (χ3n) is 14.5. The number of para-hydroxylation sites is 2. The smallest absolute Gasteiger partial charge is 0.136 e. The molecule has 67 heavy (non-hydrogen) atoms. The molecule has 0 fully saturated rings. The van der Waals surface area contributed by atoms with Crippen molar-refractivity contribution in [2.24, 2.45) is 0 Å². The molecule has 0 aliphatic heterocycles. The maximum Gasteiger partial charge on any atom is 0.136 e. The van der Waals surface area contributed by atoms with Gasteiger partial charge in [-0.15, -0.1) is 0 Å². The highest BCUT2D eigenvalue weighted by atomic mass is 16.3. The lowest BCUT2D eigenvalue weighted by molar-refractivity contribution is 0.669. The lowest BCUT2D eigenvalue weighted by atomic mass is 9.70. The molecule has 0 saturated carbocycles. The summed E-state index contributed by atoms with van der Waals surface area (Å²) in [6.45, 7) is 0. The summed E-state index contributed by atoms with van der Waals surface area (Å²) in [5.74, 6) is 0. The third-order valence-corrected chi connectivity index (χ3v) is 14.5. The van der Waals surface area contributed by atoms with E-state index in [4.69, 9.17) is 4.42 Å². The van der Waals surface area contributed by atoms with E-state index in [1.165, 1.54) is 72.0 Å². The van der Waals surface area contributed by atoms with Crippen molar-refractivity contribution in [1.29, 1.82) is 0 Å². The predicted octanol–water partition coefficient (Wildman–Crippen LogP) is 17.6. The van der Waals surface area contributed by atoms with Gasteiger partial charge in [-0.05, 0) is 132 Å². The van der Waals surface area contributed by atoms with E-state index in [9.17, 15) is 0 Å². The molecule has 0 atom stereocenters. The van der Waals surface area contributed by atoms with E-state index < -0.39 is 5.41 Å². The number of furan rings is 1. The van der Waals surface area contributed by atoms with Gasteiger partial charge in [-0.1, -0.05) is 200 Å². The van der Waals surface area contributed by atoms with E-state index in [-0.39, 0.29) is 0 Å². The van der Waals surface area contributed by atoms with Gasteiger partial charge in [0.2, 0.25) is 0 Å². The summed E-state index contributed by atoms with van der Waals surface area (Å²) in [6, 6.07) is 91.4. The molecule has 1 heterocycles. The summed E-state index contributed by atoms with van der Waals surface area (Å²) in [4.78, 5) is 2.44. The van der Waals surface area contributed by atoms with Gasteiger partial charge < -0.3 is 9.32 Å². The van der Waals surface area contributed by atoms with Crippen molar-refractivity contribution in [2.75, 3.05) is 4.90 Å². The normalized spacial score (nSPS) is 12.9. The molecule has 2 aliphatic carbocycles. The van der Waals surface area contributed by atoms with Crippen LogP contribution in [0.3, 0.4) is 0 Å². The van der Waals surface area contributed by atoms with Crippen LogP contribution in [-0.4, -0.2) is 0 Å². The van der Waals surface area contributed by atoms with Gasteiger partial charge in [-0.25, -0.2) is 0 Å². The fourth-order valence-corrected chi connectivity index (χ4v) is 11.7. The second-order valence-electron chi connectivity index (χ2n) is 17.9. The van der Waals surface area contributed by atoms with Crippen LogP contribution in [0, 0.1) is 0 Å². The molecule has 0 saturated heterocycles. The first kappa shape index (κ1) is 37.6. The molecule has 2 nitrogen and oxygen atoms in total. The molecule has 2 heteroatoms. The molecule has 0 amide bonds. The quantitative estimate of drug-likeness (QED) is 0.166. The predicted molar refractivity (Wildman–Crippen MR) is 279 cm³/mol. The fraction of sp³-hybridized carbons (Fsp3) is 0.0154. The van der Waals surface area contributed by atoms with Gasteiger partial charge in [-0.3, -0.25) is 0 Å². The molecular formula is C65H41NO. The molecule has 1 spiro atoms. The maximum absolute atomic E-state index is 6.39. The van der Waals surface area contributed by atoms with Crippen LogP contribution in [-0.2, 0) is 5.41 Å². The number of fused-ring (bicyclic) bond motifs is 14. The Balaban J connectivity index is 0.974. The maximum atomic E-state index is 6.39. The molecule has 14 rings (SSSR count). The molecule has 312 valence electrons. The molecule has 11 aromatic carbocycles. The molecular weight excluding hydrogens is 811 g/mol. The van der Waals surface area contributed by atoms with Gasteiger partial charge in [0.15, 0.2) is 0 Å². The minimum Gasteiger partial charge on any atom is -0.456 e. The van der Waals surface area contributed by atoms with Gasteiger partial charge in [0.1, 0.15) is 11.2 Å². The van der Waals surface area contributed by atoms with Crippen LogP contribution in [0.25, 0.3) is 88.3 Å². The zero-order chi connectivity index (χ0) is 44.1. The minimum absolute atomic E-state index is 0.437. The standard InChI is InChI=1S/C65H41NO/c1-2-20-48-42(16-1)17-14-26-49(48)43-34-37-46(38-35-43)66(47-19-13-18-44(40-47)51-27-15-33-63-64(51)56-25-7-12-32-62(56)67-63)61-31-11-6-21-50(61)45-36-39-55-54-24-5-10-30-59(54)65(60(55)41-45)57-28-8-3-22-52(57)53-23-4-9-29-58(53)65/h1-41H. The summed E-state index contributed by atoms with van der Waals surface area (Å²) in [5.41, 5.74) is 22.2. The summed E-state index contributed by atoms with van der Waals surface area (Å²) < 4.78 is 6.39. The molecule has 12 aromatic rings. The van der Waals surface area contributed by atoms with Gasteiger partial charge in [0.05, 0.1) is 11.1 Å². The Morgan fingerprint density at radius 1 is 0.299 bits per heavy atom. The second-order valence-corrected chi connectivity index (χ2v) is 17.9. The summed E-state index contributed by atoms with van der Waals surface area (Å²) in [5, 5.41) is 4.73. The van der Waals surface area contributed by atoms with Crippen molar-refractivity contribution in [2.45, 2.75) is 5.41 Å². The number of rotatable bonds is 6. The Labute approximate surface area is 389 Å². The van der Waals surface area contributed by atoms with Crippen LogP contribution in [0.15, 0.2) is 253 Å². The summed E-state index contributed by atoms with van der Waals surface area (Å²) in [6.07, 6.45) is 0. The Morgan fingerprint density at radius 3 is 1.58 bits per heavy atom. The highest BCUT2D eigenvalue weighted by Gasteiger charge is 2.51. The highest BCUT2D eigenvalue weighted by molar-refractivity contribution is 6.12. The van der Waals surface area contributed by atoms with E-state index >= 15 is 0 Å². The van der Waals surface area contributed by atoms with Crippen LogP contribution in [0.2, 0.25) is 0 Å². The Hall–Kier alpha value is -8.72. The topological polar surface area (TPSA) is 16.4 Å². The zero-order valence-electron chi connectivity index (χ0n) is 36.5. The van der Waals surface area contributed by atoms with Crippen molar-refractivity contribution >= 4 is 49.8 Å². The monoisotopic (exact) mass is 851 g/mol. The van der Waals surface area contributed by atoms with Gasteiger partial charge >= 0.3 is 0 Å². The SMILES string of the molecule is c1cc(-c2cccc3oc4ccccc4c23)cc(N(c2ccc(-c3cccc4ccccc34)cc2)c2ccccc2-c2ccc3c(c2)C2(c4ccccc4-c4ccccc42)c2ccccc2-3)c1. The van der Waals surface area contributed by atoms with E-state index in [0.717, 1.165) is 55.7 Å².